The summed E-state index contributed by atoms with van der Waals surface area (Å²) in [4.78, 5) is 4.20. The number of rotatable bonds is 8. The molecule has 31 heavy (non-hydrogen) atoms. The Bertz CT molecular complexity index is 981. The average Bonchev–Trinajstić information content (AvgIpc) is 3.25. The molecule has 0 amide bonds. The van der Waals surface area contributed by atoms with Crippen molar-refractivity contribution in [3.63, 3.8) is 0 Å². The molecule has 4 rings (SSSR count). The Morgan fingerprint density at radius 3 is 2.68 bits per heavy atom. The predicted octanol–water partition coefficient (Wildman–Crippen LogP) is 5.32. The molecule has 0 spiro atoms. The van der Waals surface area contributed by atoms with Crippen LogP contribution in [0.5, 0.6) is 0 Å². The summed E-state index contributed by atoms with van der Waals surface area (Å²) in [5.41, 5.74) is 3.63. The quantitative estimate of drug-likeness (QED) is 0.504. The lowest BCUT2D eigenvalue weighted by Crippen LogP contribution is -2.34. The maximum Gasteiger partial charge on any atom is 0.247 e. The molecule has 2 aromatic heterocycles. The molecule has 0 aliphatic heterocycles. The van der Waals surface area contributed by atoms with Gasteiger partial charge in [0.1, 0.15) is 0 Å². The van der Waals surface area contributed by atoms with Crippen molar-refractivity contribution in [1.29, 1.82) is 0 Å². The lowest BCUT2D eigenvalue weighted by molar-refractivity contribution is 0.218. The normalized spacial score (nSPS) is 21.3. The highest BCUT2D eigenvalue weighted by Gasteiger charge is 2.32. The Hall–Kier alpha value is -2.79. The number of pyridine rings is 1. The molecule has 3 atom stereocenters. The van der Waals surface area contributed by atoms with E-state index in [2.05, 4.69) is 53.4 Å². The van der Waals surface area contributed by atoms with E-state index in [0.717, 1.165) is 37.4 Å². The van der Waals surface area contributed by atoms with Crippen molar-refractivity contribution in [2.24, 2.45) is 23.7 Å². The molecular formula is C26H32N4O. The summed E-state index contributed by atoms with van der Waals surface area (Å²) in [5, 5.41) is 12.2. The van der Waals surface area contributed by atoms with Crippen LogP contribution in [0.4, 0.5) is 0 Å². The fraction of sp³-hybridized carbons (Fsp3) is 0.423. The van der Waals surface area contributed by atoms with Crippen molar-refractivity contribution < 1.29 is 4.42 Å². The molecule has 1 aliphatic rings. The number of allylic oxidation sites excluding steroid dienone is 1. The Morgan fingerprint density at radius 1 is 1.10 bits per heavy atom. The van der Waals surface area contributed by atoms with Gasteiger partial charge in [0.15, 0.2) is 0 Å². The highest BCUT2D eigenvalue weighted by molar-refractivity contribution is 5.51. The molecule has 2 heterocycles. The van der Waals surface area contributed by atoms with Gasteiger partial charge in [-0.05, 0) is 60.8 Å². The first-order valence-corrected chi connectivity index (χ1v) is 11.3. The zero-order valence-corrected chi connectivity index (χ0v) is 18.7. The highest BCUT2D eigenvalue weighted by Crippen LogP contribution is 2.38. The van der Waals surface area contributed by atoms with E-state index in [0.29, 0.717) is 29.6 Å². The zero-order chi connectivity index (χ0) is 21.6. The molecule has 3 unspecified atom stereocenters. The monoisotopic (exact) mass is 416 g/mol. The molecule has 0 fully saturated rings. The molecule has 1 aromatic carbocycles. The fourth-order valence-corrected chi connectivity index (χ4v) is 4.64. The van der Waals surface area contributed by atoms with Crippen LogP contribution >= 0.6 is 0 Å². The molecule has 3 aromatic rings. The number of nitrogens with zero attached hydrogens (tertiary/aromatic N) is 3. The Kier molecular flexibility index (Phi) is 6.92. The van der Waals surface area contributed by atoms with Gasteiger partial charge in [0, 0.05) is 37.5 Å². The molecule has 1 N–H and O–H groups in total. The third-order valence-corrected chi connectivity index (χ3v) is 6.42. The number of hydrogen-bond donors (Lipinski definition) is 1. The first-order chi connectivity index (χ1) is 15.1. The van der Waals surface area contributed by atoms with E-state index in [1.54, 1.807) is 0 Å². The summed E-state index contributed by atoms with van der Waals surface area (Å²) in [6, 6.07) is 14.1. The van der Waals surface area contributed by atoms with Gasteiger partial charge in [-0.15, -0.1) is 10.2 Å². The Labute approximate surface area is 185 Å². The molecule has 0 saturated heterocycles. The summed E-state index contributed by atoms with van der Waals surface area (Å²) in [6.07, 6.45) is 8.18. The topological polar surface area (TPSA) is 63.8 Å². The van der Waals surface area contributed by atoms with Crippen molar-refractivity contribution >= 4 is 0 Å². The molecule has 5 nitrogen and oxygen atoms in total. The van der Waals surface area contributed by atoms with E-state index in [1.165, 1.54) is 11.1 Å². The third-order valence-electron chi connectivity index (χ3n) is 6.42. The van der Waals surface area contributed by atoms with Gasteiger partial charge in [0.25, 0.3) is 0 Å². The van der Waals surface area contributed by atoms with Crippen molar-refractivity contribution in [2.75, 3.05) is 6.54 Å². The number of aromatic nitrogens is 3. The van der Waals surface area contributed by atoms with Crippen LogP contribution in [0.3, 0.4) is 0 Å². The summed E-state index contributed by atoms with van der Waals surface area (Å²) in [7, 11) is 0. The van der Waals surface area contributed by atoms with Gasteiger partial charge >= 0.3 is 0 Å². The van der Waals surface area contributed by atoms with Crippen LogP contribution in [0.2, 0.25) is 0 Å². The molecule has 0 radical (unpaired) electrons. The van der Waals surface area contributed by atoms with Crippen LogP contribution in [0.15, 0.2) is 70.9 Å². The van der Waals surface area contributed by atoms with Crippen LogP contribution in [-0.4, -0.2) is 21.7 Å². The van der Waals surface area contributed by atoms with Gasteiger partial charge in [0.2, 0.25) is 11.8 Å². The van der Waals surface area contributed by atoms with Crippen LogP contribution in [0.1, 0.15) is 38.6 Å². The number of hydrogen-bond acceptors (Lipinski definition) is 5. The van der Waals surface area contributed by atoms with Crippen molar-refractivity contribution in [3.05, 3.63) is 78.0 Å². The second-order valence-electron chi connectivity index (χ2n) is 8.98. The van der Waals surface area contributed by atoms with E-state index in [4.69, 9.17) is 4.42 Å². The van der Waals surface area contributed by atoms with Crippen LogP contribution in [0, 0.1) is 23.7 Å². The summed E-state index contributed by atoms with van der Waals surface area (Å²) >= 11 is 0. The van der Waals surface area contributed by atoms with Crippen LogP contribution in [-0.2, 0) is 13.0 Å². The molecule has 5 heteroatoms. The van der Waals surface area contributed by atoms with E-state index in [1.807, 2.05) is 48.8 Å². The fourth-order valence-electron chi connectivity index (χ4n) is 4.64. The lowest BCUT2D eigenvalue weighted by Gasteiger charge is -2.37. The first kappa shape index (κ1) is 21.4. The predicted molar refractivity (Wildman–Crippen MR) is 123 cm³/mol. The average molecular weight is 417 g/mol. The maximum absolute atomic E-state index is 5.99. The minimum atomic E-state index is 0.450. The highest BCUT2D eigenvalue weighted by atomic mass is 16.4. The third kappa shape index (κ3) is 5.47. The van der Waals surface area contributed by atoms with E-state index >= 15 is 0 Å². The van der Waals surface area contributed by atoms with E-state index < -0.39 is 0 Å². The van der Waals surface area contributed by atoms with Gasteiger partial charge in [-0.2, -0.15) is 0 Å². The van der Waals surface area contributed by atoms with Crippen molar-refractivity contribution in [1.82, 2.24) is 20.5 Å². The molecule has 0 saturated carbocycles. The van der Waals surface area contributed by atoms with E-state index in [9.17, 15) is 0 Å². The molecular weight excluding hydrogens is 384 g/mol. The minimum absolute atomic E-state index is 0.450. The van der Waals surface area contributed by atoms with Crippen molar-refractivity contribution in [2.45, 2.75) is 40.2 Å². The number of nitrogens with one attached hydrogen (secondary N) is 1. The maximum atomic E-state index is 5.99. The summed E-state index contributed by atoms with van der Waals surface area (Å²) in [6.45, 7) is 8.77. The Morgan fingerprint density at radius 2 is 1.94 bits per heavy atom. The molecule has 1 aliphatic carbocycles. The van der Waals surface area contributed by atoms with Crippen LogP contribution in [0.25, 0.3) is 11.5 Å². The molecule has 162 valence electrons. The standard InChI is InChI=1S/C26H32N4O/c1-18(2)24-13-22(14-25-29-30-26(31-25)21-9-5-4-6-10-21)19(3)12-23(24)17-28-16-20-8-7-11-27-15-20/h4-12,15,18,22-24,28H,13-14,16-17H2,1-3H3. The van der Waals surface area contributed by atoms with Gasteiger partial charge in [-0.25, -0.2) is 0 Å². The van der Waals surface area contributed by atoms with Gasteiger partial charge < -0.3 is 9.73 Å². The minimum Gasteiger partial charge on any atom is -0.421 e. The van der Waals surface area contributed by atoms with Gasteiger partial charge in [-0.3, -0.25) is 4.98 Å². The SMILES string of the molecule is CC1=CC(CNCc2cccnc2)C(C(C)C)CC1Cc1nnc(-c2ccccc2)o1. The van der Waals surface area contributed by atoms with E-state index in [-0.39, 0.29) is 0 Å². The number of benzene rings is 1. The largest absolute Gasteiger partial charge is 0.421 e. The summed E-state index contributed by atoms with van der Waals surface area (Å²) in [5.74, 6) is 3.57. The van der Waals surface area contributed by atoms with Gasteiger partial charge in [-0.1, -0.05) is 49.8 Å². The van der Waals surface area contributed by atoms with Crippen LogP contribution < -0.4 is 5.32 Å². The zero-order valence-electron chi connectivity index (χ0n) is 18.7. The second-order valence-corrected chi connectivity index (χ2v) is 8.98. The van der Waals surface area contributed by atoms with Crippen molar-refractivity contribution in [3.8, 4) is 11.5 Å². The smallest absolute Gasteiger partial charge is 0.247 e. The first-order valence-electron chi connectivity index (χ1n) is 11.3. The molecule has 0 bridgehead atoms. The second kappa shape index (κ2) is 10.0. The lowest BCUT2D eigenvalue weighted by atomic mass is 9.70. The summed E-state index contributed by atoms with van der Waals surface area (Å²) < 4.78 is 5.99. The van der Waals surface area contributed by atoms with Gasteiger partial charge in [0.05, 0.1) is 0 Å². The Balaban J connectivity index is 1.40.